The molecule has 5 heteroatoms. The van der Waals surface area contributed by atoms with Gasteiger partial charge < -0.3 is 9.80 Å². The summed E-state index contributed by atoms with van der Waals surface area (Å²) in [4.78, 5) is 13.8. The zero-order chi connectivity index (χ0) is 15.0. The smallest absolute Gasteiger partial charge is 0.137 e. The molecule has 1 aliphatic rings. The van der Waals surface area contributed by atoms with Gasteiger partial charge in [0.1, 0.15) is 16.8 Å². The molecule has 0 radical (unpaired) electrons. The van der Waals surface area contributed by atoms with Gasteiger partial charge in [0.25, 0.3) is 0 Å². The molecule has 0 aliphatic carbocycles. The van der Waals surface area contributed by atoms with E-state index in [0.717, 1.165) is 30.3 Å². The van der Waals surface area contributed by atoms with Gasteiger partial charge in [-0.3, -0.25) is 0 Å². The number of anilines is 1. The van der Waals surface area contributed by atoms with Gasteiger partial charge in [0.05, 0.1) is 0 Å². The second-order valence-electron chi connectivity index (χ2n) is 6.39. The van der Waals surface area contributed by atoms with Crippen molar-refractivity contribution in [3.63, 3.8) is 0 Å². The number of aromatic nitrogens is 2. The van der Waals surface area contributed by atoms with Gasteiger partial charge in [0.15, 0.2) is 0 Å². The second kappa shape index (κ2) is 5.86. The zero-order valence-electron chi connectivity index (χ0n) is 13.3. The molecule has 1 aromatic heterocycles. The summed E-state index contributed by atoms with van der Waals surface area (Å²) >= 11 is 6.29. The monoisotopic (exact) mass is 296 g/mol. The lowest BCUT2D eigenvalue weighted by atomic mass is 10.1. The van der Waals surface area contributed by atoms with Gasteiger partial charge in [-0.1, -0.05) is 32.4 Å². The van der Waals surface area contributed by atoms with Crippen LogP contribution in [0.4, 0.5) is 5.82 Å². The number of nitrogens with zero attached hydrogens (tertiary/aromatic N) is 4. The van der Waals surface area contributed by atoms with Crippen molar-refractivity contribution >= 4 is 17.4 Å². The van der Waals surface area contributed by atoms with Crippen molar-refractivity contribution in [2.45, 2.75) is 39.7 Å². The Morgan fingerprint density at radius 3 is 2.40 bits per heavy atom. The van der Waals surface area contributed by atoms with Crippen LogP contribution in [0.1, 0.15) is 38.1 Å². The summed E-state index contributed by atoms with van der Waals surface area (Å²) in [6.45, 7) is 10.5. The van der Waals surface area contributed by atoms with E-state index in [0.29, 0.717) is 17.1 Å². The molecule has 1 fully saturated rings. The molecule has 2 unspecified atom stereocenters. The van der Waals surface area contributed by atoms with Crippen LogP contribution in [0.3, 0.4) is 0 Å². The molecule has 2 heterocycles. The standard InChI is InChI=1S/C15H25ClN4/c1-9(2)14-17-13(16)11(4)15(18-14)20-7-10(3)12(8-20)19(5)6/h9-10,12H,7-8H2,1-6H3. The van der Waals surface area contributed by atoms with E-state index < -0.39 is 0 Å². The van der Waals surface area contributed by atoms with Crippen molar-refractivity contribution in [1.29, 1.82) is 0 Å². The van der Waals surface area contributed by atoms with Gasteiger partial charge in [-0.05, 0) is 26.9 Å². The number of likely N-dealkylation sites (N-methyl/N-ethyl adjacent to an activating group) is 1. The van der Waals surface area contributed by atoms with E-state index >= 15 is 0 Å². The second-order valence-corrected chi connectivity index (χ2v) is 6.75. The maximum Gasteiger partial charge on any atom is 0.137 e. The Morgan fingerprint density at radius 1 is 1.25 bits per heavy atom. The van der Waals surface area contributed by atoms with Crippen LogP contribution in [0.5, 0.6) is 0 Å². The van der Waals surface area contributed by atoms with E-state index in [4.69, 9.17) is 16.6 Å². The highest BCUT2D eigenvalue weighted by Gasteiger charge is 2.33. The fourth-order valence-corrected chi connectivity index (χ4v) is 3.03. The molecular weight excluding hydrogens is 272 g/mol. The first kappa shape index (κ1) is 15.5. The van der Waals surface area contributed by atoms with Crippen molar-refractivity contribution in [2.24, 2.45) is 5.92 Å². The van der Waals surface area contributed by atoms with Crippen LogP contribution in [-0.2, 0) is 0 Å². The predicted molar refractivity (Wildman–Crippen MR) is 84.7 cm³/mol. The lowest BCUT2D eigenvalue weighted by Crippen LogP contribution is -2.34. The minimum Gasteiger partial charge on any atom is -0.354 e. The first-order valence-corrected chi connectivity index (χ1v) is 7.64. The summed E-state index contributed by atoms with van der Waals surface area (Å²) in [5.41, 5.74) is 0.989. The summed E-state index contributed by atoms with van der Waals surface area (Å²) < 4.78 is 0. The highest BCUT2D eigenvalue weighted by atomic mass is 35.5. The van der Waals surface area contributed by atoms with Crippen LogP contribution in [-0.4, -0.2) is 48.1 Å². The Bertz CT molecular complexity index is 487. The van der Waals surface area contributed by atoms with E-state index in [9.17, 15) is 0 Å². The third-order valence-corrected chi connectivity index (χ3v) is 4.50. The van der Waals surface area contributed by atoms with Crippen molar-refractivity contribution in [3.05, 3.63) is 16.5 Å². The average molecular weight is 297 g/mol. The summed E-state index contributed by atoms with van der Waals surface area (Å²) in [6.07, 6.45) is 0. The topological polar surface area (TPSA) is 32.3 Å². The molecule has 1 saturated heterocycles. The highest BCUT2D eigenvalue weighted by molar-refractivity contribution is 6.30. The molecule has 4 nitrogen and oxygen atoms in total. The van der Waals surface area contributed by atoms with Crippen molar-refractivity contribution < 1.29 is 0 Å². The average Bonchev–Trinajstić information content (AvgIpc) is 2.74. The van der Waals surface area contributed by atoms with Crippen LogP contribution < -0.4 is 4.90 Å². The Balaban J connectivity index is 2.34. The van der Waals surface area contributed by atoms with Crippen molar-refractivity contribution in [1.82, 2.24) is 14.9 Å². The molecule has 112 valence electrons. The van der Waals surface area contributed by atoms with Crippen LogP contribution >= 0.6 is 11.6 Å². The van der Waals surface area contributed by atoms with Crippen LogP contribution in [0.15, 0.2) is 0 Å². The SMILES string of the molecule is Cc1c(Cl)nc(C(C)C)nc1N1CC(C)C(N(C)C)C1. The van der Waals surface area contributed by atoms with Gasteiger partial charge in [-0.15, -0.1) is 0 Å². The number of hydrogen-bond acceptors (Lipinski definition) is 4. The van der Waals surface area contributed by atoms with E-state index in [1.807, 2.05) is 6.92 Å². The molecule has 1 aromatic rings. The Hall–Kier alpha value is -0.870. The van der Waals surface area contributed by atoms with Crippen LogP contribution in [0.25, 0.3) is 0 Å². The molecule has 0 saturated carbocycles. The zero-order valence-corrected chi connectivity index (χ0v) is 14.1. The third kappa shape index (κ3) is 2.91. The fourth-order valence-electron chi connectivity index (χ4n) is 2.85. The molecule has 0 amide bonds. The molecule has 0 N–H and O–H groups in total. The predicted octanol–water partition coefficient (Wildman–Crippen LogP) is 2.95. The van der Waals surface area contributed by atoms with Gasteiger partial charge in [0.2, 0.25) is 0 Å². The largest absolute Gasteiger partial charge is 0.354 e. The van der Waals surface area contributed by atoms with E-state index in [1.54, 1.807) is 0 Å². The molecular formula is C15H25ClN4. The Morgan fingerprint density at radius 2 is 1.90 bits per heavy atom. The first-order valence-electron chi connectivity index (χ1n) is 7.26. The summed E-state index contributed by atoms with van der Waals surface area (Å²) in [7, 11) is 4.29. The molecule has 0 bridgehead atoms. The molecule has 2 atom stereocenters. The molecule has 20 heavy (non-hydrogen) atoms. The van der Waals surface area contributed by atoms with E-state index in [-0.39, 0.29) is 5.92 Å². The number of rotatable bonds is 3. The normalized spacial score (nSPS) is 23.1. The van der Waals surface area contributed by atoms with E-state index in [1.165, 1.54) is 0 Å². The lowest BCUT2D eigenvalue weighted by molar-refractivity contribution is 0.266. The van der Waals surface area contributed by atoms with Gasteiger partial charge in [-0.2, -0.15) is 0 Å². The lowest BCUT2D eigenvalue weighted by Gasteiger charge is -2.23. The summed E-state index contributed by atoms with van der Waals surface area (Å²) in [6, 6.07) is 0.561. The minimum absolute atomic E-state index is 0.288. The quantitative estimate of drug-likeness (QED) is 0.803. The third-order valence-electron chi connectivity index (χ3n) is 4.13. The van der Waals surface area contributed by atoms with Gasteiger partial charge in [-0.25, -0.2) is 9.97 Å². The van der Waals surface area contributed by atoms with Crippen molar-refractivity contribution in [3.8, 4) is 0 Å². The fraction of sp³-hybridized carbons (Fsp3) is 0.733. The highest BCUT2D eigenvalue weighted by Crippen LogP contribution is 2.30. The maximum absolute atomic E-state index is 6.29. The van der Waals surface area contributed by atoms with Gasteiger partial charge in [0, 0.05) is 30.6 Å². The van der Waals surface area contributed by atoms with Gasteiger partial charge >= 0.3 is 0 Å². The Kier molecular flexibility index (Phi) is 4.55. The summed E-state index contributed by atoms with van der Waals surface area (Å²) in [5, 5.41) is 0.583. The molecule has 2 rings (SSSR count). The Labute approximate surface area is 127 Å². The molecule has 0 aromatic carbocycles. The minimum atomic E-state index is 0.288. The van der Waals surface area contributed by atoms with Crippen LogP contribution in [0, 0.1) is 12.8 Å². The number of hydrogen-bond donors (Lipinski definition) is 0. The summed E-state index contributed by atoms with van der Waals surface area (Å²) in [5.74, 6) is 2.75. The first-order chi connectivity index (χ1) is 9.31. The maximum atomic E-state index is 6.29. The van der Waals surface area contributed by atoms with Crippen molar-refractivity contribution in [2.75, 3.05) is 32.1 Å². The van der Waals surface area contributed by atoms with E-state index in [2.05, 4.69) is 49.7 Å². The van der Waals surface area contributed by atoms with Crippen LogP contribution in [0.2, 0.25) is 5.15 Å². The molecule has 0 spiro atoms. The number of halogens is 1. The molecule has 1 aliphatic heterocycles.